The van der Waals surface area contributed by atoms with Gasteiger partial charge in [-0.1, -0.05) is 66.2 Å². The molecule has 1 aromatic heterocycles. The lowest BCUT2D eigenvalue weighted by atomic mass is 9.98. The smallest absolute Gasteiger partial charge is 0.258 e. The van der Waals surface area contributed by atoms with E-state index in [9.17, 15) is 9.59 Å². The minimum atomic E-state index is -0.198. The van der Waals surface area contributed by atoms with E-state index < -0.39 is 0 Å². The first-order valence-electron chi connectivity index (χ1n) is 13.0. The molecule has 0 unspecified atom stereocenters. The van der Waals surface area contributed by atoms with Gasteiger partial charge in [0, 0.05) is 41.0 Å². The molecule has 0 saturated heterocycles. The molecule has 6 heteroatoms. The number of amides is 2. The quantitative estimate of drug-likeness (QED) is 0.277. The highest BCUT2D eigenvalue weighted by atomic mass is 16.2. The molecule has 0 saturated carbocycles. The number of aromatic nitrogens is 2. The van der Waals surface area contributed by atoms with E-state index in [-0.39, 0.29) is 11.8 Å². The maximum Gasteiger partial charge on any atom is 0.258 e. The predicted molar refractivity (Wildman–Crippen MR) is 155 cm³/mol. The largest absolute Gasteiger partial charge is 0.346 e. The van der Waals surface area contributed by atoms with Gasteiger partial charge in [0.05, 0.1) is 11.4 Å². The number of aryl methyl sites for hydroxylation is 2. The van der Waals surface area contributed by atoms with Crippen molar-refractivity contribution in [3.8, 4) is 22.4 Å². The second kappa shape index (κ2) is 10.1. The maximum absolute atomic E-state index is 13.6. The van der Waals surface area contributed by atoms with Crippen LogP contribution in [-0.2, 0) is 6.42 Å². The number of carbonyl (C=O) groups is 2. The van der Waals surface area contributed by atoms with Crippen molar-refractivity contribution in [2.75, 3.05) is 16.8 Å². The van der Waals surface area contributed by atoms with Gasteiger partial charge in [-0.15, -0.1) is 0 Å². The first kappa shape index (κ1) is 24.4. The zero-order valence-electron chi connectivity index (χ0n) is 21.9. The van der Waals surface area contributed by atoms with Crippen LogP contribution < -0.4 is 10.2 Å². The standard InChI is InChI=1S/C33H28N4O2/c1-21-11-13-23(14-12-21)26-7-3-4-8-27(26)32(38)36-25-17-15-24(16-18-25)33(39)37-20-19-29-31(35-22(2)34-29)28-9-5-6-10-30(28)37/h3-18H,19-20H2,1-2H3,(H,34,35)(H,36,38). The van der Waals surface area contributed by atoms with Gasteiger partial charge < -0.3 is 15.2 Å². The third kappa shape index (κ3) is 4.73. The average molecular weight is 513 g/mol. The van der Waals surface area contributed by atoms with E-state index in [2.05, 4.69) is 15.3 Å². The fraction of sp³-hybridized carbons (Fsp3) is 0.121. The number of nitrogens with one attached hydrogen (secondary N) is 2. The van der Waals surface area contributed by atoms with Crippen LogP contribution in [0.4, 0.5) is 11.4 Å². The van der Waals surface area contributed by atoms with Crippen LogP contribution >= 0.6 is 0 Å². The molecule has 2 N–H and O–H groups in total. The number of aromatic amines is 1. The molecular formula is C33H28N4O2. The van der Waals surface area contributed by atoms with E-state index >= 15 is 0 Å². The van der Waals surface area contributed by atoms with Gasteiger partial charge in [-0.25, -0.2) is 4.98 Å². The summed E-state index contributed by atoms with van der Waals surface area (Å²) in [7, 11) is 0. The molecule has 2 amide bonds. The molecule has 192 valence electrons. The van der Waals surface area contributed by atoms with Gasteiger partial charge in [0.2, 0.25) is 0 Å². The molecule has 0 radical (unpaired) electrons. The highest BCUT2D eigenvalue weighted by Gasteiger charge is 2.26. The van der Waals surface area contributed by atoms with Crippen molar-refractivity contribution in [2.24, 2.45) is 0 Å². The van der Waals surface area contributed by atoms with E-state index in [0.717, 1.165) is 39.6 Å². The number of H-pyrrole nitrogens is 1. The lowest BCUT2D eigenvalue weighted by Gasteiger charge is -2.23. The third-order valence-electron chi connectivity index (χ3n) is 7.10. The zero-order chi connectivity index (χ0) is 26.9. The lowest BCUT2D eigenvalue weighted by molar-refractivity contribution is 0.0986. The van der Waals surface area contributed by atoms with Crippen LogP contribution in [0.1, 0.15) is 37.8 Å². The number of nitrogens with zero attached hydrogens (tertiary/aromatic N) is 2. The second-order valence-electron chi connectivity index (χ2n) is 9.82. The lowest BCUT2D eigenvalue weighted by Crippen LogP contribution is -2.32. The maximum atomic E-state index is 13.6. The van der Waals surface area contributed by atoms with E-state index in [1.165, 1.54) is 5.56 Å². The SMILES string of the molecule is Cc1ccc(-c2ccccc2C(=O)Nc2ccc(C(=O)N3CCc4[nH]c(C)nc4-c4ccccc43)cc2)cc1. The number of carbonyl (C=O) groups excluding carboxylic acids is 2. The third-order valence-corrected chi connectivity index (χ3v) is 7.10. The van der Waals surface area contributed by atoms with Gasteiger partial charge >= 0.3 is 0 Å². The highest BCUT2D eigenvalue weighted by molar-refractivity contribution is 6.10. The molecular weight excluding hydrogens is 484 g/mol. The van der Waals surface area contributed by atoms with Gasteiger partial charge in [0.25, 0.3) is 11.8 Å². The van der Waals surface area contributed by atoms with Crippen molar-refractivity contribution in [2.45, 2.75) is 20.3 Å². The Labute approximate surface area is 227 Å². The minimum absolute atomic E-state index is 0.0908. The summed E-state index contributed by atoms with van der Waals surface area (Å²) in [6.07, 6.45) is 0.686. The number of imidazole rings is 1. The Morgan fingerprint density at radius 2 is 1.51 bits per heavy atom. The Morgan fingerprint density at radius 1 is 0.821 bits per heavy atom. The fourth-order valence-corrected chi connectivity index (χ4v) is 5.13. The summed E-state index contributed by atoms with van der Waals surface area (Å²) in [4.78, 5) is 36.7. The summed E-state index contributed by atoms with van der Waals surface area (Å²) >= 11 is 0. The van der Waals surface area contributed by atoms with Crippen LogP contribution in [0.5, 0.6) is 0 Å². The second-order valence-corrected chi connectivity index (χ2v) is 9.82. The molecule has 5 aromatic rings. The van der Waals surface area contributed by atoms with E-state index in [1.807, 2.05) is 91.5 Å². The number of anilines is 2. The topological polar surface area (TPSA) is 78.1 Å². The molecule has 0 atom stereocenters. The Balaban J connectivity index is 1.22. The van der Waals surface area contributed by atoms with E-state index in [1.54, 1.807) is 24.3 Å². The zero-order valence-corrected chi connectivity index (χ0v) is 21.9. The number of benzene rings is 4. The highest BCUT2D eigenvalue weighted by Crippen LogP contribution is 2.36. The molecule has 1 aliphatic heterocycles. The van der Waals surface area contributed by atoms with Crippen LogP contribution in [0, 0.1) is 13.8 Å². The van der Waals surface area contributed by atoms with Crippen molar-refractivity contribution in [3.63, 3.8) is 0 Å². The van der Waals surface area contributed by atoms with Gasteiger partial charge in [-0.3, -0.25) is 9.59 Å². The van der Waals surface area contributed by atoms with Gasteiger partial charge in [-0.05, 0) is 61.4 Å². The summed E-state index contributed by atoms with van der Waals surface area (Å²) < 4.78 is 0. The van der Waals surface area contributed by atoms with Crippen molar-refractivity contribution in [3.05, 3.63) is 125 Å². The van der Waals surface area contributed by atoms with Crippen molar-refractivity contribution in [1.29, 1.82) is 0 Å². The van der Waals surface area contributed by atoms with Crippen LogP contribution in [0.2, 0.25) is 0 Å². The van der Waals surface area contributed by atoms with Crippen LogP contribution in [0.15, 0.2) is 97.1 Å². The molecule has 0 bridgehead atoms. The summed E-state index contributed by atoms with van der Waals surface area (Å²) in [6.45, 7) is 4.53. The molecule has 0 spiro atoms. The van der Waals surface area contributed by atoms with Crippen LogP contribution in [-0.4, -0.2) is 28.3 Å². The van der Waals surface area contributed by atoms with Gasteiger partial charge in [-0.2, -0.15) is 0 Å². The molecule has 6 nitrogen and oxygen atoms in total. The molecule has 0 aliphatic carbocycles. The molecule has 4 aromatic carbocycles. The number of hydrogen-bond acceptors (Lipinski definition) is 3. The predicted octanol–water partition coefficient (Wildman–Crippen LogP) is 6.82. The summed E-state index contributed by atoms with van der Waals surface area (Å²) in [5, 5.41) is 2.99. The number of hydrogen-bond donors (Lipinski definition) is 2. The van der Waals surface area contributed by atoms with Crippen LogP contribution in [0.3, 0.4) is 0 Å². The Bertz CT molecular complexity index is 1680. The monoisotopic (exact) mass is 512 g/mol. The minimum Gasteiger partial charge on any atom is -0.346 e. The first-order chi connectivity index (χ1) is 19.0. The molecule has 39 heavy (non-hydrogen) atoms. The Morgan fingerprint density at radius 3 is 2.28 bits per heavy atom. The fourth-order valence-electron chi connectivity index (χ4n) is 5.13. The summed E-state index contributed by atoms with van der Waals surface area (Å²) in [5.41, 5.74) is 8.53. The Kier molecular flexibility index (Phi) is 6.29. The molecule has 2 heterocycles. The van der Waals surface area contributed by atoms with E-state index in [4.69, 9.17) is 0 Å². The van der Waals surface area contributed by atoms with Crippen molar-refractivity contribution < 1.29 is 9.59 Å². The number of fused-ring (bicyclic) bond motifs is 3. The average Bonchev–Trinajstić information content (AvgIpc) is 3.27. The van der Waals surface area contributed by atoms with E-state index in [0.29, 0.717) is 29.8 Å². The van der Waals surface area contributed by atoms with Crippen molar-refractivity contribution >= 4 is 23.2 Å². The first-order valence-corrected chi connectivity index (χ1v) is 13.0. The summed E-state index contributed by atoms with van der Waals surface area (Å²) in [5.74, 6) is 0.580. The van der Waals surface area contributed by atoms with Crippen molar-refractivity contribution in [1.82, 2.24) is 9.97 Å². The molecule has 1 aliphatic rings. The molecule has 0 fully saturated rings. The molecule has 6 rings (SSSR count). The normalized spacial score (nSPS) is 12.3. The Hall–Kier alpha value is -4.97. The number of para-hydroxylation sites is 1. The van der Waals surface area contributed by atoms with Gasteiger partial charge in [0.1, 0.15) is 5.82 Å². The summed E-state index contributed by atoms with van der Waals surface area (Å²) in [6, 6.07) is 30.7. The van der Waals surface area contributed by atoms with Crippen LogP contribution in [0.25, 0.3) is 22.4 Å². The van der Waals surface area contributed by atoms with Gasteiger partial charge in [0.15, 0.2) is 0 Å². The number of rotatable bonds is 4.